The average Bonchev–Trinajstić information content (AvgIpc) is 2.48. The smallest absolute Gasteiger partial charge is 0.340 e. The number of hydrogen-bond acceptors (Lipinski definition) is 3. The number of rotatable bonds is 5. The van der Waals surface area contributed by atoms with Gasteiger partial charge in [-0.1, -0.05) is 30.3 Å². The fourth-order valence-corrected chi connectivity index (χ4v) is 2.09. The van der Waals surface area contributed by atoms with Crippen molar-refractivity contribution in [1.82, 2.24) is 5.32 Å². The van der Waals surface area contributed by atoms with E-state index in [4.69, 9.17) is 0 Å². The Balaban J connectivity index is 1.97. The number of aryl methyl sites for hydroxylation is 1. The number of benzene rings is 2. The molecule has 0 amide bonds. The second-order valence-electron chi connectivity index (χ2n) is 4.84. The van der Waals surface area contributed by atoms with E-state index in [-0.39, 0.29) is 5.56 Å². The topological polar surface area (TPSA) is 38.3 Å². The number of hydrogen-bond donors (Lipinski definition) is 1. The van der Waals surface area contributed by atoms with Crippen LogP contribution in [0.2, 0.25) is 0 Å². The zero-order valence-electron chi connectivity index (χ0n) is 12.2. The van der Waals surface area contributed by atoms with E-state index in [9.17, 15) is 9.18 Å². The van der Waals surface area contributed by atoms with Crippen LogP contribution < -0.4 is 5.32 Å². The summed E-state index contributed by atoms with van der Waals surface area (Å²) in [6.07, 6.45) is 0. The van der Waals surface area contributed by atoms with E-state index in [0.717, 1.165) is 5.56 Å². The lowest BCUT2D eigenvalue weighted by Gasteiger charge is -2.09. The molecule has 2 aromatic rings. The van der Waals surface area contributed by atoms with Crippen molar-refractivity contribution in [3.8, 4) is 0 Å². The third-order valence-electron chi connectivity index (χ3n) is 3.34. The first-order chi connectivity index (χ1) is 10.1. The minimum Gasteiger partial charge on any atom is -0.465 e. The molecule has 110 valence electrons. The Kier molecular flexibility index (Phi) is 5.06. The van der Waals surface area contributed by atoms with Crippen molar-refractivity contribution in [2.45, 2.75) is 20.0 Å². The number of halogens is 1. The van der Waals surface area contributed by atoms with Gasteiger partial charge in [-0.25, -0.2) is 9.18 Å². The van der Waals surface area contributed by atoms with E-state index < -0.39 is 11.8 Å². The van der Waals surface area contributed by atoms with E-state index >= 15 is 0 Å². The van der Waals surface area contributed by atoms with Gasteiger partial charge in [0.2, 0.25) is 0 Å². The van der Waals surface area contributed by atoms with Gasteiger partial charge in [0.15, 0.2) is 0 Å². The standard InChI is InChI=1S/C17H18FNO2/c1-12-5-3-4-6-14(12)11-19-10-13-7-8-15(16(18)9-13)17(20)21-2/h3-9,19H,10-11H2,1-2H3. The van der Waals surface area contributed by atoms with Gasteiger partial charge in [0, 0.05) is 13.1 Å². The fraction of sp³-hybridized carbons (Fsp3) is 0.235. The highest BCUT2D eigenvalue weighted by Gasteiger charge is 2.12. The molecule has 21 heavy (non-hydrogen) atoms. The molecule has 3 nitrogen and oxygen atoms in total. The summed E-state index contributed by atoms with van der Waals surface area (Å²) in [5.41, 5.74) is 3.18. The highest BCUT2D eigenvalue weighted by atomic mass is 19.1. The Bertz CT molecular complexity index is 640. The van der Waals surface area contributed by atoms with E-state index in [1.54, 1.807) is 6.07 Å². The second-order valence-corrected chi connectivity index (χ2v) is 4.84. The number of ether oxygens (including phenoxy) is 1. The van der Waals surface area contributed by atoms with E-state index in [0.29, 0.717) is 13.1 Å². The molecule has 2 aromatic carbocycles. The van der Waals surface area contributed by atoms with Gasteiger partial charge in [-0.15, -0.1) is 0 Å². The maximum atomic E-state index is 13.8. The molecule has 0 spiro atoms. The van der Waals surface area contributed by atoms with Gasteiger partial charge in [-0.2, -0.15) is 0 Å². The molecule has 0 atom stereocenters. The van der Waals surface area contributed by atoms with Crippen molar-refractivity contribution in [3.05, 3.63) is 70.5 Å². The van der Waals surface area contributed by atoms with Crippen molar-refractivity contribution in [2.24, 2.45) is 0 Å². The Labute approximate surface area is 123 Å². The van der Waals surface area contributed by atoms with E-state index in [1.807, 2.05) is 12.1 Å². The van der Waals surface area contributed by atoms with Gasteiger partial charge < -0.3 is 10.1 Å². The summed E-state index contributed by atoms with van der Waals surface area (Å²) < 4.78 is 18.3. The minimum absolute atomic E-state index is 0.0415. The highest BCUT2D eigenvalue weighted by molar-refractivity contribution is 5.89. The number of carbonyl (C=O) groups excluding carboxylic acids is 1. The summed E-state index contributed by atoms with van der Waals surface area (Å²) in [7, 11) is 1.24. The van der Waals surface area contributed by atoms with Crippen LogP contribution in [0.1, 0.15) is 27.0 Å². The van der Waals surface area contributed by atoms with Crippen molar-refractivity contribution < 1.29 is 13.9 Å². The van der Waals surface area contributed by atoms with E-state index in [2.05, 4.69) is 29.1 Å². The molecule has 0 aliphatic heterocycles. The van der Waals surface area contributed by atoms with Crippen LogP contribution in [-0.4, -0.2) is 13.1 Å². The largest absolute Gasteiger partial charge is 0.465 e. The molecule has 0 saturated carbocycles. The average molecular weight is 287 g/mol. The summed E-state index contributed by atoms with van der Waals surface area (Å²) in [5, 5.41) is 3.27. The normalized spacial score (nSPS) is 10.4. The molecule has 4 heteroatoms. The molecular formula is C17H18FNO2. The van der Waals surface area contributed by atoms with Crippen LogP contribution in [0.3, 0.4) is 0 Å². The summed E-state index contributed by atoms with van der Waals surface area (Å²) in [5.74, 6) is -1.22. The predicted molar refractivity (Wildman–Crippen MR) is 79.5 cm³/mol. The fourth-order valence-electron chi connectivity index (χ4n) is 2.09. The summed E-state index contributed by atoms with van der Waals surface area (Å²) in [6.45, 7) is 3.31. The summed E-state index contributed by atoms with van der Waals surface area (Å²) in [6, 6.07) is 12.6. The predicted octanol–water partition coefficient (Wildman–Crippen LogP) is 3.21. The quantitative estimate of drug-likeness (QED) is 0.858. The third kappa shape index (κ3) is 3.89. The van der Waals surface area contributed by atoms with Crippen LogP contribution in [0.5, 0.6) is 0 Å². The maximum Gasteiger partial charge on any atom is 0.340 e. The minimum atomic E-state index is -0.660. The Morgan fingerprint density at radius 2 is 1.95 bits per heavy atom. The third-order valence-corrected chi connectivity index (χ3v) is 3.34. The summed E-state index contributed by atoms with van der Waals surface area (Å²) >= 11 is 0. The first-order valence-electron chi connectivity index (χ1n) is 6.74. The Morgan fingerprint density at radius 1 is 1.19 bits per heavy atom. The number of esters is 1. The highest BCUT2D eigenvalue weighted by Crippen LogP contribution is 2.12. The van der Waals surface area contributed by atoms with Gasteiger partial charge in [0.1, 0.15) is 5.82 Å². The SMILES string of the molecule is COC(=O)c1ccc(CNCc2ccccc2C)cc1F. The molecule has 0 unspecified atom stereocenters. The van der Waals surface area contributed by atoms with Gasteiger partial charge in [0.25, 0.3) is 0 Å². The van der Waals surface area contributed by atoms with Crippen molar-refractivity contribution in [1.29, 1.82) is 0 Å². The molecule has 0 heterocycles. The zero-order chi connectivity index (χ0) is 15.2. The van der Waals surface area contributed by atoms with Crippen molar-refractivity contribution in [2.75, 3.05) is 7.11 Å². The Morgan fingerprint density at radius 3 is 2.62 bits per heavy atom. The first kappa shape index (κ1) is 15.2. The van der Waals surface area contributed by atoms with Crippen LogP contribution in [0, 0.1) is 12.7 Å². The molecule has 0 aliphatic carbocycles. The van der Waals surface area contributed by atoms with Crippen molar-refractivity contribution >= 4 is 5.97 Å². The molecule has 0 radical (unpaired) electrons. The van der Waals surface area contributed by atoms with Crippen LogP contribution in [-0.2, 0) is 17.8 Å². The maximum absolute atomic E-state index is 13.8. The molecule has 0 aliphatic rings. The van der Waals surface area contributed by atoms with Crippen LogP contribution in [0.4, 0.5) is 4.39 Å². The second kappa shape index (κ2) is 6.99. The van der Waals surface area contributed by atoms with Crippen molar-refractivity contribution in [3.63, 3.8) is 0 Å². The van der Waals surface area contributed by atoms with Gasteiger partial charge >= 0.3 is 5.97 Å². The lowest BCUT2D eigenvalue weighted by Crippen LogP contribution is -2.14. The molecule has 0 saturated heterocycles. The molecule has 1 N–H and O–H groups in total. The molecule has 0 aromatic heterocycles. The Hall–Kier alpha value is -2.20. The van der Waals surface area contributed by atoms with Gasteiger partial charge in [-0.05, 0) is 35.7 Å². The molecule has 0 bridgehead atoms. The number of methoxy groups -OCH3 is 1. The molecular weight excluding hydrogens is 269 g/mol. The monoisotopic (exact) mass is 287 g/mol. The molecule has 0 fully saturated rings. The van der Waals surface area contributed by atoms with Crippen LogP contribution >= 0.6 is 0 Å². The van der Waals surface area contributed by atoms with Gasteiger partial charge in [0.05, 0.1) is 12.7 Å². The number of carbonyl (C=O) groups is 1. The van der Waals surface area contributed by atoms with E-state index in [1.165, 1.54) is 30.4 Å². The first-order valence-corrected chi connectivity index (χ1v) is 6.74. The summed E-state index contributed by atoms with van der Waals surface area (Å²) in [4.78, 5) is 11.3. The number of nitrogens with one attached hydrogen (secondary N) is 1. The lowest BCUT2D eigenvalue weighted by atomic mass is 10.1. The van der Waals surface area contributed by atoms with Gasteiger partial charge in [-0.3, -0.25) is 0 Å². The molecule has 2 rings (SSSR count). The lowest BCUT2D eigenvalue weighted by molar-refractivity contribution is 0.0595. The zero-order valence-corrected chi connectivity index (χ0v) is 12.2. The van der Waals surface area contributed by atoms with Crippen LogP contribution in [0.25, 0.3) is 0 Å². The van der Waals surface area contributed by atoms with Crippen LogP contribution in [0.15, 0.2) is 42.5 Å².